The number of esters is 1. The van der Waals surface area contributed by atoms with E-state index in [4.69, 9.17) is 4.74 Å². The summed E-state index contributed by atoms with van der Waals surface area (Å²) in [5, 5.41) is 16.5. The number of carbonyl (C=O) groups is 1. The molecule has 2 aromatic heterocycles. The van der Waals surface area contributed by atoms with Crippen LogP contribution in [0.1, 0.15) is 17.4 Å². The lowest BCUT2D eigenvalue weighted by molar-refractivity contribution is 0.0521. The molecule has 6 heteroatoms. The zero-order valence-corrected chi connectivity index (χ0v) is 8.04. The van der Waals surface area contributed by atoms with Gasteiger partial charge in [-0.3, -0.25) is 0 Å². The molecule has 2 heterocycles. The van der Waals surface area contributed by atoms with E-state index in [2.05, 4.69) is 10.3 Å². The van der Waals surface area contributed by atoms with Crippen LogP contribution in [-0.2, 0) is 4.74 Å². The molecule has 0 fully saturated rings. The van der Waals surface area contributed by atoms with E-state index in [1.165, 1.54) is 16.8 Å². The molecule has 0 unspecified atom stereocenters. The first-order chi connectivity index (χ1) is 7.22. The molecule has 6 nitrogen and oxygen atoms in total. The maximum absolute atomic E-state index is 11.4. The van der Waals surface area contributed by atoms with Gasteiger partial charge in [-0.15, -0.1) is 5.10 Å². The van der Waals surface area contributed by atoms with Crippen LogP contribution in [0.2, 0.25) is 0 Å². The Kier molecular flexibility index (Phi) is 2.24. The van der Waals surface area contributed by atoms with Gasteiger partial charge < -0.3 is 9.84 Å². The highest BCUT2D eigenvalue weighted by atomic mass is 16.5. The number of pyridine rings is 1. The van der Waals surface area contributed by atoms with Crippen LogP contribution >= 0.6 is 0 Å². The molecule has 0 aromatic carbocycles. The molecule has 0 radical (unpaired) electrons. The van der Waals surface area contributed by atoms with Crippen molar-refractivity contribution in [3.8, 4) is 5.75 Å². The van der Waals surface area contributed by atoms with Gasteiger partial charge in [0.05, 0.1) is 12.8 Å². The summed E-state index contributed by atoms with van der Waals surface area (Å²) in [6.07, 6.45) is 1.37. The van der Waals surface area contributed by atoms with Gasteiger partial charge in [0.15, 0.2) is 5.69 Å². The highest BCUT2D eigenvalue weighted by Crippen LogP contribution is 2.13. The smallest absolute Gasteiger partial charge is 0.361 e. The van der Waals surface area contributed by atoms with Gasteiger partial charge in [-0.05, 0) is 19.1 Å². The Morgan fingerprint density at radius 2 is 2.40 bits per heavy atom. The Labute approximate surface area is 85.1 Å². The maximum atomic E-state index is 11.4. The fourth-order valence-corrected chi connectivity index (χ4v) is 1.23. The summed E-state index contributed by atoms with van der Waals surface area (Å²) in [5.74, 6) is -0.457. The molecule has 0 aliphatic carbocycles. The maximum Gasteiger partial charge on any atom is 0.361 e. The number of ether oxygens (including phenoxy) is 1. The summed E-state index contributed by atoms with van der Waals surface area (Å²) in [5.41, 5.74) is 0.656. The minimum atomic E-state index is -0.516. The molecule has 15 heavy (non-hydrogen) atoms. The molecule has 0 saturated carbocycles. The van der Waals surface area contributed by atoms with Gasteiger partial charge in [0, 0.05) is 0 Å². The van der Waals surface area contributed by atoms with E-state index in [0.29, 0.717) is 5.52 Å². The molecule has 0 spiro atoms. The molecule has 0 atom stereocenters. The van der Waals surface area contributed by atoms with Crippen LogP contribution < -0.4 is 0 Å². The molecule has 78 valence electrons. The van der Waals surface area contributed by atoms with Crippen molar-refractivity contribution in [1.82, 2.24) is 14.8 Å². The normalized spacial score (nSPS) is 10.5. The van der Waals surface area contributed by atoms with E-state index in [9.17, 15) is 9.90 Å². The van der Waals surface area contributed by atoms with Crippen molar-refractivity contribution >= 4 is 11.5 Å². The fraction of sp³-hybridized carbons (Fsp3) is 0.222. The SMILES string of the molecule is CCOC(=O)c1nnn2cc(O)ccc12. The van der Waals surface area contributed by atoms with Gasteiger partial charge in [-0.25, -0.2) is 9.31 Å². The largest absolute Gasteiger partial charge is 0.506 e. The fourth-order valence-electron chi connectivity index (χ4n) is 1.23. The zero-order valence-electron chi connectivity index (χ0n) is 8.04. The number of carbonyl (C=O) groups excluding carboxylic acids is 1. The van der Waals surface area contributed by atoms with E-state index < -0.39 is 5.97 Å². The van der Waals surface area contributed by atoms with Gasteiger partial charge in [-0.2, -0.15) is 0 Å². The number of aromatic nitrogens is 3. The molecule has 0 aliphatic heterocycles. The second-order valence-electron chi connectivity index (χ2n) is 2.88. The van der Waals surface area contributed by atoms with Crippen molar-refractivity contribution in [2.24, 2.45) is 0 Å². The van der Waals surface area contributed by atoms with E-state index in [1.807, 2.05) is 0 Å². The monoisotopic (exact) mass is 207 g/mol. The Bertz CT molecular complexity index is 506. The van der Waals surface area contributed by atoms with Crippen LogP contribution in [0.5, 0.6) is 5.75 Å². The molecular weight excluding hydrogens is 198 g/mol. The van der Waals surface area contributed by atoms with Crippen molar-refractivity contribution in [3.05, 3.63) is 24.0 Å². The lowest BCUT2D eigenvalue weighted by Crippen LogP contribution is -2.05. The standard InChI is InChI=1S/C9H9N3O3/c1-2-15-9(14)8-7-4-3-6(13)5-12(7)11-10-8/h3-5,13H,2H2,1H3. The molecular formula is C9H9N3O3. The van der Waals surface area contributed by atoms with Crippen molar-refractivity contribution in [3.63, 3.8) is 0 Å². The first-order valence-corrected chi connectivity index (χ1v) is 4.43. The summed E-state index contributed by atoms with van der Waals surface area (Å²) >= 11 is 0. The predicted molar refractivity (Wildman–Crippen MR) is 50.6 cm³/mol. The Morgan fingerprint density at radius 1 is 1.60 bits per heavy atom. The summed E-state index contributed by atoms with van der Waals surface area (Å²) in [6.45, 7) is 2.01. The van der Waals surface area contributed by atoms with Gasteiger partial charge >= 0.3 is 5.97 Å². The van der Waals surface area contributed by atoms with Crippen LogP contribution in [0, 0.1) is 0 Å². The number of fused-ring (bicyclic) bond motifs is 1. The first-order valence-electron chi connectivity index (χ1n) is 4.43. The molecule has 2 aromatic rings. The zero-order chi connectivity index (χ0) is 10.8. The summed E-state index contributed by atoms with van der Waals surface area (Å²) in [6, 6.07) is 3.02. The topological polar surface area (TPSA) is 76.7 Å². The third-order valence-corrected chi connectivity index (χ3v) is 1.87. The molecule has 2 rings (SSSR count). The van der Waals surface area contributed by atoms with Crippen molar-refractivity contribution < 1.29 is 14.6 Å². The van der Waals surface area contributed by atoms with Gasteiger partial charge in [-0.1, -0.05) is 5.21 Å². The van der Waals surface area contributed by atoms with Crippen LogP contribution in [0.15, 0.2) is 18.3 Å². The van der Waals surface area contributed by atoms with Gasteiger partial charge in [0.2, 0.25) is 0 Å². The highest BCUT2D eigenvalue weighted by molar-refractivity contribution is 5.94. The number of rotatable bonds is 2. The second-order valence-corrected chi connectivity index (χ2v) is 2.88. The van der Waals surface area contributed by atoms with Gasteiger partial charge in [0.1, 0.15) is 11.3 Å². The third kappa shape index (κ3) is 1.61. The number of hydrogen-bond donors (Lipinski definition) is 1. The number of aromatic hydroxyl groups is 1. The average molecular weight is 207 g/mol. The van der Waals surface area contributed by atoms with Crippen LogP contribution in [0.3, 0.4) is 0 Å². The summed E-state index contributed by atoms with van der Waals surface area (Å²) in [7, 11) is 0. The summed E-state index contributed by atoms with van der Waals surface area (Å²) in [4.78, 5) is 11.4. The van der Waals surface area contributed by atoms with Crippen LogP contribution in [-0.4, -0.2) is 32.5 Å². The Hall–Kier alpha value is -2.11. The lowest BCUT2D eigenvalue weighted by atomic mass is 10.3. The van der Waals surface area contributed by atoms with Crippen LogP contribution in [0.4, 0.5) is 0 Å². The number of hydrogen-bond acceptors (Lipinski definition) is 5. The Balaban J connectivity index is 2.49. The molecule has 0 bridgehead atoms. The number of nitrogens with zero attached hydrogens (tertiary/aromatic N) is 3. The third-order valence-electron chi connectivity index (χ3n) is 1.87. The minimum Gasteiger partial charge on any atom is -0.506 e. The average Bonchev–Trinajstić information content (AvgIpc) is 2.60. The van der Waals surface area contributed by atoms with Crippen LogP contribution in [0.25, 0.3) is 5.52 Å². The van der Waals surface area contributed by atoms with E-state index in [-0.39, 0.29) is 18.1 Å². The van der Waals surface area contributed by atoms with E-state index in [0.717, 1.165) is 0 Å². The van der Waals surface area contributed by atoms with E-state index >= 15 is 0 Å². The quantitative estimate of drug-likeness (QED) is 0.730. The van der Waals surface area contributed by atoms with E-state index in [1.54, 1.807) is 13.0 Å². The molecule has 0 aliphatic rings. The lowest BCUT2D eigenvalue weighted by Gasteiger charge is -1.97. The van der Waals surface area contributed by atoms with Gasteiger partial charge in [0.25, 0.3) is 0 Å². The Morgan fingerprint density at radius 3 is 3.13 bits per heavy atom. The molecule has 0 amide bonds. The molecule has 1 N–H and O–H groups in total. The predicted octanol–water partition coefficient (Wildman–Crippen LogP) is 0.612. The van der Waals surface area contributed by atoms with Crippen molar-refractivity contribution in [2.45, 2.75) is 6.92 Å². The van der Waals surface area contributed by atoms with Crippen molar-refractivity contribution in [1.29, 1.82) is 0 Å². The molecule has 0 saturated heterocycles. The highest BCUT2D eigenvalue weighted by Gasteiger charge is 2.15. The first kappa shape index (κ1) is 9.45. The minimum absolute atomic E-state index is 0.0582. The van der Waals surface area contributed by atoms with Crippen molar-refractivity contribution in [2.75, 3.05) is 6.61 Å². The summed E-state index contributed by atoms with van der Waals surface area (Å²) < 4.78 is 6.13. The second kappa shape index (κ2) is 3.56.